The summed E-state index contributed by atoms with van der Waals surface area (Å²) < 4.78 is 5.36. The van der Waals surface area contributed by atoms with Gasteiger partial charge in [-0.25, -0.2) is 9.99 Å². The number of hydrogen-bond acceptors (Lipinski definition) is 2. The molecule has 0 aliphatic rings. The minimum absolute atomic E-state index is 0.698. The highest BCUT2D eigenvalue weighted by Crippen LogP contribution is 2.27. The third-order valence-corrected chi connectivity index (χ3v) is 4.46. The molecule has 3 rings (SSSR count). The molecule has 118 valence electrons. The van der Waals surface area contributed by atoms with Gasteiger partial charge in [0.15, 0.2) is 5.69 Å². The van der Waals surface area contributed by atoms with E-state index in [9.17, 15) is 0 Å². The first-order chi connectivity index (χ1) is 11.2. The number of aryl methyl sites for hydroxylation is 1. The average molecular weight is 375 g/mol. The minimum atomic E-state index is 0.698. The number of fused-ring (bicyclic) bond motifs is 1. The van der Waals surface area contributed by atoms with Crippen molar-refractivity contribution in [2.75, 3.05) is 0 Å². The molecular weight excluding hydrogens is 356 g/mol. The molecule has 0 radical (unpaired) electrons. The van der Waals surface area contributed by atoms with E-state index in [2.05, 4.69) is 84.4 Å². The summed E-state index contributed by atoms with van der Waals surface area (Å²) in [6.45, 7) is 0.698. The largest absolute Gasteiger partial charge is 0.287 e. The van der Waals surface area contributed by atoms with E-state index in [0.717, 1.165) is 21.5 Å². The molecular formula is C16H19BrN6+2. The Kier molecular flexibility index (Phi) is 4.59. The number of hydrazone groups is 1. The molecule has 0 aliphatic carbocycles. The molecule has 5 N–H and O–H groups in total. The summed E-state index contributed by atoms with van der Waals surface area (Å²) in [6, 6.07) is 14.6. The molecule has 3 aromatic rings. The van der Waals surface area contributed by atoms with Gasteiger partial charge in [0.05, 0.1) is 19.8 Å². The highest BCUT2D eigenvalue weighted by atomic mass is 79.9. The molecule has 0 saturated heterocycles. The van der Waals surface area contributed by atoms with Gasteiger partial charge >= 0.3 is 0 Å². The predicted molar refractivity (Wildman–Crippen MR) is 92.9 cm³/mol. The van der Waals surface area contributed by atoms with Gasteiger partial charge in [-0.05, 0) is 11.6 Å². The zero-order valence-electron chi connectivity index (χ0n) is 12.8. The van der Waals surface area contributed by atoms with E-state index < -0.39 is 0 Å². The van der Waals surface area contributed by atoms with Crippen molar-refractivity contribution < 1.29 is 9.67 Å². The Morgan fingerprint density at radius 1 is 1.26 bits per heavy atom. The number of nitrogens with zero attached hydrogens (tertiary/aromatic N) is 2. The minimum Gasteiger partial charge on any atom is -0.276 e. The first-order valence-electron chi connectivity index (χ1n) is 7.22. The number of benzene rings is 1. The number of imidazole rings is 1. The molecule has 23 heavy (non-hydrogen) atoms. The molecule has 0 amide bonds. The fourth-order valence-corrected chi connectivity index (χ4v) is 3.37. The van der Waals surface area contributed by atoms with Gasteiger partial charge in [0.2, 0.25) is 4.60 Å². The number of hydrazine groups is 2. The second kappa shape index (κ2) is 6.80. The molecule has 0 fully saturated rings. The molecule has 0 bridgehead atoms. The zero-order valence-corrected chi connectivity index (χ0v) is 14.3. The monoisotopic (exact) mass is 374 g/mol. The number of rotatable bonds is 5. The van der Waals surface area contributed by atoms with Crippen LogP contribution >= 0.6 is 15.9 Å². The predicted octanol–water partition coefficient (Wildman–Crippen LogP) is -0.230. The van der Waals surface area contributed by atoms with Gasteiger partial charge in [-0.15, -0.1) is 0 Å². The molecule has 0 saturated carbocycles. The van der Waals surface area contributed by atoms with Crippen LogP contribution in [-0.2, 0) is 13.6 Å². The smallest absolute Gasteiger partial charge is 0.276 e. The van der Waals surface area contributed by atoms with Crippen molar-refractivity contribution in [2.45, 2.75) is 6.54 Å². The lowest BCUT2D eigenvalue weighted by Crippen LogP contribution is -2.79. The lowest BCUT2D eigenvalue weighted by atomic mass is 10.1. The first-order valence-corrected chi connectivity index (χ1v) is 8.01. The summed E-state index contributed by atoms with van der Waals surface area (Å²) in [4.78, 5) is 0. The van der Waals surface area contributed by atoms with E-state index in [4.69, 9.17) is 5.84 Å². The van der Waals surface area contributed by atoms with E-state index >= 15 is 0 Å². The average Bonchev–Trinajstić information content (AvgIpc) is 2.84. The normalized spacial score (nSPS) is 11.4. The lowest BCUT2D eigenvalue weighted by Gasteiger charge is -2.02. The van der Waals surface area contributed by atoms with Gasteiger partial charge in [-0.1, -0.05) is 30.3 Å². The number of nitrogens with two attached hydrogens (primary N) is 1. The first kappa shape index (κ1) is 15.5. The maximum Gasteiger partial charge on any atom is 0.287 e. The van der Waals surface area contributed by atoms with Crippen molar-refractivity contribution >= 4 is 27.9 Å². The standard InChI is InChI=1S/C16H18BrN6/c1-22-14-4-2-3-9-23(14)16(17)15(22)13-7-5-12(6-8-13)10-20-21-11-19-18/h2-9,11,20H,10,18H2,1H3,(H,19,21)/q+1/p+1. The molecule has 2 heterocycles. The Labute approximate surface area is 142 Å². The van der Waals surface area contributed by atoms with Crippen molar-refractivity contribution in [3.63, 3.8) is 0 Å². The maximum atomic E-state index is 5.14. The van der Waals surface area contributed by atoms with Gasteiger partial charge in [-0.2, -0.15) is 14.9 Å². The van der Waals surface area contributed by atoms with Crippen LogP contribution in [0.25, 0.3) is 16.9 Å². The van der Waals surface area contributed by atoms with Crippen LogP contribution in [-0.4, -0.2) is 10.7 Å². The molecule has 1 aromatic carbocycles. The number of halogens is 1. The van der Waals surface area contributed by atoms with Crippen molar-refractivity contribution in [1.29, 1.82) is 0 Å². The van der Waals surface area contributed by atoms with Gasteiger partial charge in [0.25, 0.3) is 12.0 Å². The zero-order chi connectivity index (χ0) is 16.2. The topological polar surface area (TPSA) is 72.3 Å². The van der Waals surface area contributed by atoms with Gasteiger partial charge in [0, 0.05) is 27.6 Å². The fraction of sp³-hybridized carbons (Fsp3) is 0.125. The summed E-state index contributed by atoms with van der Waals surface area (Å²) in [5.74, 6) is 5.14. The lowest BCUT2D eigenvalue weighted by molar-refractivity contribution is -0.633. The Morgan fingerprint density at radius 2 is 2.04 bits per heavy atom. The summed E-state index contributed by atoms with van der Waals surface area (Å²) in [7, 11) is 2.07. The number of nitrogens with one attached hydrogen (secondary N) is 3. The molecule has 7 heteroatoms. The van der Waals surface area contributed by atoms with Crippen molar-refractivity contribution in [3.8, 4) is 11.3 Å². The van der Waals surface area contributed by atoms with E-state index in [0.29, 0.717) is 6.54 Å². The van der Waals surface area contributed by atoms with Crippen LogP contribution in [0, 0.1) is 0 Å². The number of hydrogen-bond donors (Lipinski definition) is 4. The Balaban J connectivity index is 1.88. The Morgan fingerprint density at radius 3 is 2.74 bits per heavy atom. The molecule has 0 unspecified atom stereocenters. The summed E-state index contributed by atoms with van der Waals surface area (Å²) >= 11 is 3.71. The molecule has 6 nitrogen and oxygen atoms in total. The summed E-state index contributed by atoms with van der Waals surface area (Å²) in [6.07, 6.45) is 3.58. The van der Waals surface area contributed by atoms with Crippen molar-refractivity contribution in [2.24, 2.45) is 12.9 Å². The van der Waals surface area contributed by atoms with Gasteiger partial charge < -0.3 is 0 Å². The highest BCUT2D eigenvalue weighted by Gasteiger charge is 2.22. The van der Waals surface area contributed by atoms with E-state index in [1.807, 2.05) is 12.1 Å². The molecule has 0 aliphatic heterocycles. The van der Waals surface area contributed by atoms with Crippen LogP contribution < -0.4 is 26.4 Å². The van der Waals surface area contributed by atoms with Crippen LogP contribution in [0.3, 0.4) is 0 Å². The Hall–Kier alpha value is -2.38. The second-order valence-electron chi connectivity index (χ2n) is 5.13. The van der Waals surface area contributed by atoms with E-state index in [1.165, 1.54) is 11.9 Å². The van der Waals surface area contributed by atoms with Crippen LogP contribution in [0.1, 0.15) is 5.56 Å². The van der Waals surface area contributed by atoms with Crippen LogP contribution in [0.5, 0.6) is 0 Å². The van der Waals surface area contributed by atoms with E-state index in [-0.39, 0.29) is 0 Å². The number of aromatic nitrogens is 2. The van der Waals surface area contributed by atoms with Crippen LogP contribution in [0.4, 0.5) is 0 Å². The van der Waals surface area contributed by atoms with Crippen molar-refractivity contribution in [3.05, 3.63) is 58.8 Å². The maximum absolute atomic E-state index is 5.14. The van der Waals surface area contributed by atoms with E-state index in [1.54, 1.807) is 0 Å². The fourth-order valence-electron chi connectivity index (χ4n) is 2.58. The van der Waals surface area contributed by atoms with Crippen LogP contribution in [0.15, 0.2) is 53.3 Å². The Bertz CT molecular complexity index is 799. The van der Waals surface area contributed by atoms with Crippen molar-refractivity contribution in [1.82, 2.24) is 15.3 Å². The molecule has 2 aromatic heterocycles. The summed E-state index contributed by atoms with van der Waals surface area (Å²) in [5, 5.41) is 2.40. The van der Waals surface area contributed by atoms with Gasteiger partial charge in [-0.3, -0.25) is 5.84 Å². The third kappa shape index (κ3) is 3.06. The van der Waals surface area contributed by atoms with Crippen LogP contribution in [0.2, 0.25) is 0 Å². The molecule has 0 spiro atoms. The van der Waals surface area contributed by atoms with Gasteiger partial charge in [0.1, 0.15) is 0 Å². The SMILES string of the molecule is C[n+]1c(-c2ccc(CNNC=[NH+]N)cc2)c(Br)n2ccccc21. The summed E-state index contributed by atoms with van der Waals surface area (Å²) in [5.41, 5.74) is 10.5. The number of pyridine rings is 1. The highest BCUT2D eigenvalue weighted by molar-refractivity contribution is 9.10. The third-order valence-electron chi connectivity index (χ3n) is 3.70. The molecule has 0 atom stereocenters. The second-order valence-corrected chi connectivity index (χ2v) is 5.88. The quantitative estimate of drug-likeness (QED) is 0.124.